The zero-order valence-electron chi connectivity index (χ0n) is 7.62. The summed E-state index contributed by atoms with van der Waals surface area (Å²) in [5.41, 5.74) is -1.24. The fourth-order valence-corrected chi connectivity index (χ4v) is 1.15. The van der Waals surface area contributed by atoms with Crippen molar-refractivity contribution >= 4 is 5.69 Å². The lowest BCUT2D eigenvalue weighted by atomic mass is 10.3. The second kappa shape index (κ2) is 3.53. The first-order valence-corrected chi connectivity index (χ1v) is 4.03. The Hall–Kier alpha value is -2.58. The van der Waals surface area contributed by atoms with Crippen molar-refractivity contribution in [2.75, 3.05) is 0 Å². The molecular weight excluding hydrogens is 221 g/mol. The molecule has 2 aromatic rings. The van der Waals surface area contributed by atoms with Gasteiger partial charge in [0.15, 0.2) is 0 Å². The fourth-order valence-electron chi connectivity index (χ4n) is 1.15. The van der Waals surface area contributed by atoms with Gasteiger partial charge in [-0.25, -0.2) is 14.3 Å². The van der Waals surface area contributed by atoms with Crippen LogP contribution in [0.2, 0.25) is 0 Å². The van der Waals surface area contributed by atoms with Gasteiger partial charge in [-0.05, 0) is 10.4 Å². The Bertz CT molecular complexity index is 604. The largest absolute Gasteiger partial charge is 0.365 e. The van der Waals surface area contributed by atoms with E-state index in [1.54, 1.807) is 0 Å². The van der Waals surface area contributed by atoms with Gasteiger partial charge in [0.2, 0.25) is 0 Å². The van der Waals surface area contributed by atoms with Crippen LogP contribution in [0.15, 0.2) is 23.0 Å². The second-order valence-corrected chi connectivity index (χ2v) is 2.84. The number of non-ortho nitro benzene ring substituents is 1. The third-order valence-electron chi connectivity index (χ3n) is 1.79. The maximum atomic E-state index is 13.0. The third-order valence-corrected chi connectivity index (χ3v) is 1.79. The second-order valence-electron chi connectivity index (χ2n) is 2.84. The van der Waals surface area contributed by atoms with Crippen molar-refractivity contribution in [1.29, 1.82) is 0 Å². The van der Waals surface area contributed by atoms with E-state index in [1.165, 1.54) is 0 Å². The van der Waals surface area contributed by atoms with Crippen molar-refractivity contribution in [3.8, 4) is 5.69 Å². The average molecular weight is 225 g/mol. The van der Waals surface area contributed by atoms with Crippen molar-refractivity contribution in [3.05, 3.63) is 44.6 Å². The number of nitrogens with one attached hydrogen (secondary N) is 1. The fraction of sp³-hybridized carbons (Fsp3) is 0. The minimum absolute atomic E-state index is 0.0644. The van der Waals surface area contributed by atoms with Gasteiger partial charge < -0.3 is 0 Å². The number of hydrogen-bond donors (Lipinski definition) is 1. The van der Waals surface area contributed by atoms with Crippen molar-refractivity contribution < 1.29 is 9.31 Å². The molecule has 0 saturated heterocycles. The molecule has 0 fully saturated rings. The molecule has 2 rings (SSSR count). The number of nitrogens with zero attached hydrogens (tertiary/aromatic N) is 4. The van der Waals surface area contributed by atoms with Crippen LogP contribution in [0.5, 0.6) is 0 Å². The summed E-state index contributed by atoms with van der Waals surface area (Å²) in [5, 5.41) is 19.0. The van der Waals surface area contributed by atoms with Crippen molar-refractivity contribution in [2.24, 2.45) is 0 Å². The van der Waals surface area contributed by atoms with Crippen LogP contribution in [0, 0.1) is 15.9 Å². The Labute approximate surface area is 86.5 Å². The van der Waals surface area contributed by atoms with Gasteiger partial charge in [0.25, 0.3) is 5.69 Å². The Morgan fingerprint density at radius 3 is 2.75 bits per heavy atom. The van der Waals surface area contributed by atoms with Gasteiger partial charge in [-0.15, -0.1) is 0 Å². The summed E-state index contributed by atoms with van der Waals surface area (Å²) in [6.07, 6.45) is 0. The molecule has 0 radical (unpaired) electrons. The van der Waals surface area contributed by atoms with Crippen molar-refractivity contribution in [1.82, 2.24) is 20.2 Å². The lowest BCUT2D eigenvalue weighted by Gasteiger charge is -1.98. The first-order valence-electron chi connectivity index (χ1n) is 4.03. The van der Waals surface area contributed by atoms with E-state index >= 15 is 0 Å². The summed E-state index contributed by atoms with van der Waals surface area (Å²) in [6.45, 7) is 0. The first kappa shape index (κ1) is 9.96. The molecule has 1 N–H and O–H groups in total. The Morgan fingerprint density at radius 2 is 2.19 bits per heavy atom. The van der Waals surface area contributed by atoms with Crippen LogP contribution in [-0.4, -0.2) is 25.1 Å². The van der Waals surface area contributed by atoms with Crippen LogP contribution in [0.25, 0.3) is 5.69 Å². The number of tetrazole rings is 1. The van der Waals surface area contributed by atoms with Gasteiger partial charge in [-0.1, -0.05) is 0 Å². The molecule has 9 heteroatoms. The third kappa shape index (κ3) is 1.65. The van der Waals surface area contributed by atoms with Crippen molar-refractivity contribution in [3.63, 3.8) is 0 Å². The summed E-state index contributed by atoms with van der Waals surface area (Å²) in [5.74, 6) is -0.834. The summed E-state index contributed by atoms with van der Waals surface area (Å²) < 4.78 is 13.8. The van der Waals surface area contributed by atoms with Crippen LogP contribution in [0.1, 0.15) is 0 Å². The van der Waals surface area contributed by atoms with E-state index in [1.807, 2.05) is 5.10 Å². The highest BCUT2D eigenvalue weighted by Crippen LogP contribution is 2.17. The molecule has 1 aromatic carbocycles. The zero-order valence-corrected chi connectivity index (χ0v) is 7.62. The minimum atomic E-state index is -0.834. The zero-order chi connectivity index (χ0) is 11.7. The first-order chi connectivity index (χ1) is 7.58. The summed E-state index contributed by atoms with van der Waals surface area (Å²) in [4.78, 5) is 20.8. The Balaban J connectivity index is 2.62. The number of halogens is 1. The number of aromatic amines is 1. The van der Waals surface area contributed by atoms with Crippen LogP contribution < -0.4 is 5.69 Å². The molecule has 1 heterocycles. The number of benzene rings is 1. The molecule has 16 heavy (non-hydrogen) atoms. The number of nitro groups is 1. The number of hydrogen-bond acceptors (Lipinski definition) is 5. The molecule has 1 aromatic heterocycles. The molecule has 0 bridgehead atoms. The number of nitro benzene ring substituents is 1. The Kier molecular flexibility index (Phi) is 2.20. The summed E-state index contributed by atoms with van der Waals surface area (Å²) in [6, 6.07) is 2.71. The quantitative estimate of drug-likeness (QED) is 0.571. The highest BCUT2D eigenvalue weighted by Gasteiger charge is 2.12. The topological polar surface area (TPSA) is 107 Å². The van der Waals surface area contributed by atoms with E-state index in [4.69, 9.17) is 0 Å². The molecule has 0 aliphatic carbocycles. The van der Waals surface area contributed by atoms with E-state index < -0.39 is 22.1 Å². The molecule has 0 atom stereocenters. The monoisotopic (exact) mass is 225 g/mol. The average Bonchev–Trinajstić information content (AvgIpc) is 2.63. The maximum Gasteiger partial charge on any atom is 0.365 e. The van der Waals surface area contributed by atoms with Crippen LogP contribution in [0.3, 0.4) is 0 Å². The van der Waals surface area contributed by atoms with E-state index in [0.29, 0.717) is 0 Å². The van der Waals surface area contributed by atoms with Gasteiger partial charge in [0, 0.05) is 12.1 Å². The van der Waals surface area contributed by atoms with E-state index in [9.17, 15) is 19.3 Å². The minimum Gasteiger partial charge on any atom is -0.258 e. The van der Waals surface area contributed by atoms with Crippen LogP contribution in [-0.2, 0) is 0 Å². The summed E-state index contributed by atoms with van der Waals surface area (Å²) in [7, 11) is 0. The molecule has 8 nitrogen and oxygen atoms in total. The predicted molar refractivity (Wildman–Crippen MR) is 48.6 cm³/mol. The van der Waals surface area contributed by atoms with Gasteiger partial charge in [-0.2, -0.15) is 4.68 Å². The van der Waals surface area contributed by atoms with Crippen LogP contribution >= 0.6 is 0 Å². The smallest absolute Gasteiger partial charge is 0.258 e. The number of rotatable bonds is 2. The van der Waals surface area contributed by atoms with Gasteiger partial charge >= 0.3 is 5.69 Å². The SMILES string of the molecule is O=c1[nH]nnn1-c1cc(F)cc([N+](=O)[O-])c1. The molecule has 0 aliphatic heterocycles. The van der Waals surface area contributed by atoms with E-state index in [0.717, 1.165) is 22.9 Å². The predicted octanol–water partition coefficient (Wildman–Crippen LogP) is 0.00290. The molecular formula is C7H4FN5O3. The number of H-pyrrole nitrogens is 1. The molecule has 82 valence electrons. The molecule has 0 amide bonds. The van der Waals surface area contributed by atoms with Crippen LogP contribution in [0.4, 0.5) is 10.1 Å². The van der Waals surface area contributed by atoms with E-state index in [-0.39, 0.29) is 5.69 Å². The molecule has 0 spiro atoms. The lowest BCUT2D eigenvalue weighted by molar-refractivity contribution is -0.385. The maximum absolute atomic E-state index is 13.0. The Morgan fingerprint density at radius 1 is 1.44 bits per heavy atom. The molecule has 0 saturated carbocycles. The van der Waals surface area contributed by atoms with Gasteiger partial charge in [0.05, 0.1) is 16.7 Å². The standard InChI is InChI=1S/C7H4FN5O3/c8-4-1-5(3-6(2-4)13(15)16)12-7(14)9-10-11-12/h1-3H,(H,9,11,14). The molecule has 0 aliphatic rings. The number of aromatic nitrogens is 4. The summed E-state index contributed by atoms with van der Waals surface area (Å²) >= 11 is 0. The molecule has 0 unspecified atom stereocenters. The highest BCUT2D eigenvalue weighted by molar-refractivity contribution is 5.42. The van der Waals surface area contributed by atoms with Gasteiger partial charge in [0.1, 0.15) is 5.82 Å². The highest BCUT2D eigenvalue weighted by atomic mass is 19.1. The van der Waals surface area contributed by atoms with Gasteiger partial charge in [-0.3, -0.25) is 10.1 Å². The normalized spacial score (nSPS) is 10.3. The van der Waals surface area contributed by atoms with Crippen molar-refractivity contribution in [2.45, 2.75) is 0 Å². The van der Waals surface area contributed by atoms with E-state index in [2.05, 4.69) is 10.4 Å². The lowest BCUT2D eigenvalue weighted by Crippen LogP contribution is -2.16.